The third kappa shape index (κ3) is 15.6. The first-order valence-electron chi connectivity index (χ1n) is 3.96. The number of rotatable bonds is 6. The first-order chi connectivity index (χ1) is 5.42. The van der Waals surface area contributed by atoms with Crippen LogP contribution in [0.5, 0.6) is 0 Å². The Kier molecular flexibility index (Phi) is 10.2. The number of carbonyl (C=O) groups is 1. The summed E-state index contributed by atoms with van der Waals surface area (Å²) in [7, 11) is -3.81. The third-order valence-electron chi connectivity index (χ3n) is 1.48. The summed E-state index contributed by atoms with van der Waals surface area (Å²) in [4.78, 5) is 27.4. The van der Waals surface area contributed by atoms with E-state index < -0.39 is 7.60 Å². The van der Waals surface area contributed by atoms with Crippen LogP contribution in [0, 0.1) is 0 Å². The van der Waals surface area contributed by atoms with Crippen molar-refractivity contribution in [3.63, 3.8) is 0 Å². The van der Waals surface area contributed by atoms with E-state index in [1.54, 1.807) is 0 Å². The molecule has 0 aromatic heterocycles. The van der Waals surface area contributed by atoms with Crippen LogP contribution in [0.25, 0.3) is 0 Å². The molecule has 0 heterocycles. The number of carbonyl (C=O) groups excluding carboxylic acids is 1. The predicted octanol–water partition coefficient (Wildman–Crippen LogP) is 0.665. The van der Waals surface area contributed by atoms with Gasteiger partial charge in [-0.2, -0.15) is 0 Å². The van der Waals surface area contributed by atoms with Crippen molar-refractivity contribution in [3.8, 4) is 0 Å². The molecule has 2 N–H and O–H groups in total. The van der Waals surface area contributed by atoms with Crippen LogP contribution >= 0.6 is 7.60 Å². The van der Waals surface area contributed by atoms with Crippen molar-refractivity contribution in [1.29, 1.82) is 0 Å². The van der Waals surface area contributed by atoms with Crippen molar-refractivity contribution >= 4 is 42.9 Å². The molecule has 0 aliphatic rings. The molecule has 0 bridgehead atoms. The van der Waals surface area contributed by atoms with Gasteiger partial charge in [0.1, 0.15) is 5.78 Å². The van der Waals surface area contributed by atoms with Crippen molar-refractivity contribution in [2.45, 2.75) is 32.6 Å². The zero-order chi connectivity index (χ0) is 9.61. The molecular formula is C7H16NaO4P. The fourth-order valence-corrected chi connectivity index (χ4v) is 1.50. The fourth-order valence-electron chi connectivity index (χ4n) is 0.868. The molecule has 0 saturated heterocycles. The molecule has 0 aromatic rings. The first-order valence-corrected chi connectivity index (χ1v) is 5.75. The SMILES string of the molecule is CC(=O)CCCCCP(=O)(O)O.[NaH]. The van der Waals surface area contributed by atoms with Gasteiger partial charge in [0.05, 0.1) is 0 Å². The van der Waals surface area contributed by atoms with Crippen LogP contribution in [0.2, 0.25) is 0 Å². The Hall–Kier alpha value is 0.820. The molecule has 0 aliphatic carbocycles. The standard InChI is InChI=1S/C7H15O4P.Na.H/c1-7(8)5-3-2-4-6-12(9,10)11;;/h2-6H2,1H3,(H2,9,10,11);;. The summed E-state index contributed by atoms with van der Waals surface area (Å²) in [5, 5.41) is 0. The summed E-state index contributed by atoms with van der Waals surface area (Å²) in [5.41, 5.74) is 0. The number of Topliss-reactive ketones (excluding diaryl/α,β-unsaturated/α-hetero) is 1. The Labute approximate surface area is 101 Å². The van der Waals surface area contributed by atoms with Crippen LogP contribution in [0.1, 0.15) is 32.6 Å². The summed E-state index contributed by atoms with van der Waals surface area (Å²) in [6.07, 6.45) is 2.39. The number of unbranched alkanes of at least 4 members (excludes halogenated alkanes) is 2. The van der Waals surface area contributed by atoms with Gasteiger partial charge in [0.2, 0.25) is 0 Å². The van der Waals surface area contributed by atoms with Crippen molar-refractivity contribution in [3.05, 3.63) is 0 Å². The van der Waals surface area contributed by atoms with Gasteiger partial charge in [-0.3, -0.25) is 4.57 Å². The second-order valence-corrected chi connectivity index (χ2v) is 4.68. The molecule has 0 amide bonds. The van der Waals surface area contributed by atoms with E-state index in [9.17, 15) is 9.36 Å². The zero-order valence-corrected chi connectivity index (χ0v) is 8.09. The van der Waals surface area contributed by atoms with Gasteiger partial charge in [-0.05, 0) is 19.8 Å². The van der Waals surface area contributed by atoms with E-state index in [-0.39, 0.29) is 41.5 Å². The summed E-state index contributed by atoms with van der Waals surface area (Å²) in [5.74, 6) is 0.131. The summed E-state index contributed by atoms with van der Waals surface area (Å²) in [6.45, 7) is 1.52. The van der Waals surface area contributed by atoms with E-state index in [2.05, 4.69) is 0 Å². The van der Waals surface area contributed by atoms with E-state index >= 15 is 0 Å². The first kappa shape index (κ1) is 16.3. The molecule has 0 fully saturated rings. The summed E-state index contributed by atoms with van der Waals surface area (Å²) in [6, 6.07) is 0. The van der Waals surface area contributed by atoms with Gasteiger partial charge in [0.25, 0.3) is 0 Å². The van der Waals surface area contributed by atoms with Gasteiger partial charge in [0, 0.05) is 12.6 Å². The molecule has 0 spiro atoms. The fraction of sp³-hybridized carbons (Fsp3) is 0.857. The topological polar surface area (TPSA) is 74.6 Å². The van der Waals surface area contributed by atoms with Crippen molar-refractivity contribution in [2.75, 3.05) is 6.16 Å². The maximum absolute atomic E-state index is 10.5. The molecule has 0 unspecified atom stereocenters. The molecular weight excluding hydrogens is 202 g/mol. The Bertz CT molecular complexity index is 189. The van der Waals surface area contributed by atoms with Crippen LogP contribution in [0.15, 0.2) is 0 Å². The molecule has 0 rings (SSSR count). The van der Waals surface area contributed by atoms with Gasteiger partial charge in [-0.25, -0.2) is 0 Å². The number of ketones is 1. The molecule has 0 aliphatic heterocycles. The van der Waals surface area contributed by atoms with E-state index in [1.165, 1.54) is 6.92 Å². The van der Waals surface area contributed by atoms with Crippen LogP contribution in [-0.4, -0.2) is 51.3 Å². The molecule has 0 radical (unpaired) electrons. The minimum absolute atomic E-state index is 0. The molecule has 13 heavy (non-hydrogen) atoms. The predicted molar refractivity (Wildman–Crippen MR) is 53.2 cm³/mol. The average Bonchev–Trinajstić information content (AvgIpc) is 1.83. The molecule has 0 aromatic carbocycles. The quantitative estimate of drug-likeness (QED) is 0.390. The van der Waals surface area contributed by atoms with Crippen molar-refractivity contribution in [2.24, 2.45) is 0 Å². The van der Waals surface area contributed by atoms with Crippen LogP contribution < -0.4 is 0 Å². The van der Waals surface area contributed by atoms with Crippen LogP contribution in [0.3, 0.4) is 0 Å². The van der Waals surface area contributed by atoms with Gasteiger partial charge in [-0.1, -0.05) is 6.42 Å². The van der Waals surface area contributed by atoms with Crippen molar-refractivity contribution < 1.29 is 19.1 Å². The van der Waals surface area contributed by atoms with E-state index in [4.69, 9.17) is 9.79 Å². The van der Waals surface area contributed by atoms with Crippen molar-refractivity contribution in [1.82, 2.24) is 0 Å². The minimum atomic E-state index is -3.81. The van der Waals surface area contributed by atoms with Gasteiger partial charge < -0.3 is 14.6 Å². The second-order valence-electron chi connectivity index (χ2n) is 2.90. The number of hydrogen-bond acceptors (Lipinski definition) is 2. The Balaban J connectivity index is 0. The van der Waals surface area contributed by atoms with Gasteiger partial charge >= 0.3 is 37.2 Å². The van der Waals surface area contributed by atoms with E-state index in [0.29, 0.717) is 19.3 Å². The number of hydrogen-bond donors (Lipinski definition) is 2. The van der Waals surface area contributed by atoms with Gasteiger partial charge in [0.15, 0.2) is 0 Å². The van der Waals surface area contributed by atoms with E-state index in [1.807, 2.05) is 0 Å². The maximum atomic E-state index is 10.5. The van der Waals surface area contributed by atoms with Crippen LogP contribution in [0.4, 0.5) is 0 Å². The molecule has 0 atom stereocenters. The molecule has 74 valence electrons. The Morgan fingerprint density at radius 3 is 2.15 bits per heavy atom. The van der Waals surface area contributed by atoms with Crippen LogP contribution in [-0.2, 0) is 9.36 Å². The normalized spacial score (nSPS) is 10.7. The van der Waals surface area contributed by atoms with Gasteiger partial charge in [-0.15, -0.1) is 0 Å². The summed E-state index contributed by atoms with van der Waals surface area (Å²) < 4.78 is 10.4. The Morgan fingerprint density at radius 1 is 1.23 bits per heavy atom. The molecule has 0 saturated carbocycles. The third-order valence-corrected chi connectivity index (χ3v) is 2.38. The second kappa shape index (κ2) is 8.16. The molecule has 6 heteroatoms. The molecule has 4 nitrogen and oxygen atoms in total. The average molecular weight is 218 g/mol. The summed E-state index contributed by atoms with van der Waals surface area (Å²) >= 11 is 0. The van der Waals surface area contributed by atoms with E-state index in [0.717, 1.165) is 6.42 Å². The Morgan fingerprint density at radius 2 is 1.77 bits per heavy atom. The zero-order valence-electron chi connectivity index (χ0n) is 7.19. The monoisotopic (exact) mass is 218 g/mol.